The molecule has 0 aromatic heterocycles. The summed E-state index contributed by atoms with van der Waals surface area (Å²) in [7, 11) is 0. The molecule has 3 amide bonds. The molecule has 4 nitrogen and oxygen atoms in total. The van der Waals surface area contributed by atoms with Crippen LogP contribution in [-0.4, -0.2) is 22.2 Å². The van der Waals surface area contributed by atoms with E-state index in [4.69, 9.17) is 23.2 Å². The minimum Gasteiger partial charge on any atom is -0.306 e. The SMILES string of the molecule is O=C1C2C3=C(CCCCC3)SC2N(Cc2ccccc2Cl)C(=O)N1c1ccc(Cl)cc1. The van der Waals surface area contributed by atoms with Gasteiger partial charge in [-0.2, -0.15) is 0 Å². The second-order valence-corrected chi connectivity index (χ2v) is 10.2. The first kappa shape index (κ1) is 20.9. The maximum atomic E-state index is 13.7. The van der Waals surface area contributed by atoms with Crippen molar-refractivity contribution in [3.63, 3.8) is 0 Å². The number of carbonyl (C=O) groups is 2. The zero-order chi connectivity index (χ0) is 21.5. The van der Waals surface area contributed by atoms with E-state index in [1.54, 1.807) is 36.0 Å². The highest BCUT2D eigenvalue weighted by atomic mass is 35.5. The molecular weight excluding hydrogens is 451 g/mol. The van der Waals surface area contributed by atoms with E-state index in [1.165, 1.54) is 21.8 Å². The number of benzene rings is 2. The highest BCUT2D eigenvalue weighted by molar-refractivity contribution is 8.04. The average Bonchev–Trinajstić information content (AvgIpc) is 2.96. The molecule has 1 aliphatic carbocycles. The predicted octanol–water partition coefficient (Wildman–Crippen LogP) is 6.87. The van der Waals surface area contributed by atoms with Crippen LogP contribution in [0.4, 0.5) is 10.5 Å². The van der Waals surface area contributed by atoms with Gasteiger partial charge in [0.1, 0.15) is 0 Å². The summed E-state index contributed by atoms with van der Waals surface area (Å²) in [4.78, 5) is 31.8. The Kier molecular flexibility index (Phi) is 5.76. The number of allylic oxidation sites excluding steroid dienone is 1. The standard InChI is InChI=1S/C24H22Cl2N2O2S/c25-16-10-12-17(13-11-16)28-22(29)21-18-7-2-1-3-9-20(18)31-23(21)27(24(28)30)14-15-6-4-5-8-19(15)26/h4-6,8,10-13,21,23H,1-3,7,9,14H2. The van der Waals surface area contributed by atoms with Crippen LogP contribution in [0, 0.1) is 5.92 Å². The van der Waals surface area contributed by atoms with Gasteiger partial charge in [-0.1, -0.05) is 47.8 Å². The number of amides is 3. The molecule has 5 rings (SSSR count). The smallest absolute Gasteiger partial charge is 0.306 e. The van der Waals surface area contributed by atoms with Crippen molar-refractivity contribution in [2.24, 2.45) is 5.92 Å². The summed E-state index contributed by atoms with van der Waals surface area (Å²) in [5.41, 5.74) is 2.66. The second-order valence-electron chi connectivity index (χ2n) is 8.15. The molecule has 31 heavy (non-hydrogen) atoms. The molecule has 1 fully saturated rings. The van der Waals surface area contributed by atoms with Gasteiger partial charge in [-0.25, -0.2) is 9.69 Å². The molecular formula is C24H22Cl2N2O2S. The number of nitrogens with zero attached hydrogens (tertiary/aromatic N) is 2. The first-order chi connectivity index (χ1) is 15.0. The summed E-state index contributed by atoms with van der Waals surface area (Å²) in [6.07, 6.45) is 5.34. The van der Waals surface area contributed by atoms with E-state index in [0.29, 0.717) is 22.3 Å². The number of hydrogen-bond acceptors (Lipinski definition) is 3. The number of anilines is 1. The quantitative estimate of drug-likeness (QED) is 0.489. The maximum Gasteiger partial charge on any atom is 0.332 e. The van der Waals surface area contributed by atoms with Gasteiger partial charge in [0.15, 0.2) is 0 Å². The zero-order valence-electron chi connectivity index (χ0n) is 16.9. The van der Waals surface area contributed by atoms with E-state index in [0.717, 1.165) is 31.2 Å². The van der Waals surface area contributed by atoms with Crippen molar-refractivity contribution in [1.82, 2.24) is 4.90 Å². The summed E-state index contributed by atoms with van der Waals surface area (Å²) < 4.78 is 0. The van der Waals surface area contributed by atoms with Crippen molar-refractivity contribution in [2.45, 2.75) is 44.0 Å². The summed E-state index contributed by atoms with van der Waals surface area (Å²) in [6.45, 7) is 0.366. The molecule has 2 aliphatic heterocycles. The van der Waals surface area contributed by atoms with Gasteiger partial charge in [0.25, 0.3) is 0 Å². The fraction of sp³-hybridized carbons (Fsp3) is 0.333. The van der Waals surface area contributed by atoms with E-state index in [1.807, 2.05) is 29.2 Å². The normalized spacial score (nSPS) is 23.7. The molecule has 0 saturated carbocycles. The molecule has 160 valence electrons. The Labute approximate surface area is 196 Å². The Morgan fingerprint density at radius 2 is 1.68 bits per heavy atom. The Morgan fingerprint density at radius 1 is 0.935 bits per heavy atom. The van der Waals surface area contributed by atoms with Crippen molar-refractivity contribution in [1.29, 1.82) is 0 Å². The van der Waals surface area contributed by atoms with Gasteiger partial charge in [-0.05, 0) is 72.1 Å². The number of thioether (sulfide) groups is 1. The van der Waals surface area contributed by atoms with E-state index in [-0.39, 0.29) is 23.2 Å². The molecule has 3 aliphatic rings. The van der Waals surface area contributed by atoms with Crippen LogP contribution in [0.25, 0.3) is 0 Å². The van der Waals surface area contributed by atoms with Crippen LogP contribution in [0.1, 0.15) is 37.7 Å². The monoisotopic (exact) mass is 472 g/mol. The van der Waals surface area contributed by atoms with Gasteiger partial charge >= 0.3 is 6.03 Å². The Bertz CT molecular complexity index is 1070. The van der Waals surface area contributed by atoms with Crippen LogP contribution >= 0.6 is 35.0 Å². The molecule has 0 N–H and O–H groups in total. The molecule has 2 heterocycles. The fourth-order valence-corrected chi connectivity index (χ4v) is 6.67. The van der Waals surface area contributed by atoms with E-state index < -0.39 is 0 Å². The van der Waals surface area contributed by atoms with Crippen molar-refractivity contribution >= 4 is 52.6 Å². The van der Waals surface area contributed by atoms with Crippen LogP contribution in [0.2, 0.25) is 10.0 Å². The van der Waals surface area contributed by atoms with Crippen LogP contribution < -0.4 is 4.90 Å². The maximum absolute atomic E-state index is 13.7. The van der Waals surface area contributed by atoms with Gasteiger partial charge in [0.2, 0.25) is 5.91 Å². The summed E-state index contributed by atoms with van der Waals surface area (Å²) in [5, 5.41) is 0.971. The number of urea groups is 1. The number of imide groups is 1. The van der Waals surface area contributed by atoms with Gasteiger partial charge in [-0.3, -0.25) is 4.79 Å². The first-order valence-corrected chi connectivity index (χ1v) is 12.2. The van der Waals surface area contributed by atoms with Crippen LogP contribution in [-0.2, 0) is 11.3 Å². The Hall–Kier alpha value is -1.95. The highest BCUT2D eigenvalue weighted by Gasteiger charge is 2.52. The van der Waals surface area contributed by atoms with E-state index in [9.17, 15) is 9.59 Å². The molecule has 2 aromatic rings. The largest absolute Gasteiger partial charge is 0.332 e. The number of hydrogen-bond donors (Lipinski definition) is 0. The van der Waals surface area contributed by atoms with Crippen molar-refractivity contribution in [2.75, 3.05) is 4.90 Å². The third-order valence-corrected chi connectivity index (χ3v) is 8.39. The number of halogens is 2. The van der Waals surface area contributed by atoms with Crippen molar-refractivity contribution in [3.05, 3.63) is 74.6 Å². The molecule has 7 heteroatoms. The highest BCUT2D eigenvalue weighted by Crippen LogP contribution is 2.52. The first-order valence-electron chi connectivity index (χ1n) is 10.6. The lowest BCUT2D eigenvalue weighted by molar-refractivity contribution is -0.122. The van der Waals surface area contributed by atoms with E-state index >= 15 is 0 Å². The molecule has 0 bridgehead atoms. The fourth-order valence-electron chi connectivity index (χ4n) is 4.71. The van der Waals surface area contributed by atoms with Crippen LogP contribution in [0.15, 0.2) is 59.0 Å². The number of rotatable bonds is 3. The third kappa shape index (κ3) is 3.77. The lowest BCUT2D eigenvalue weighted by atomic mass is 9.91. The summed E-state index contributed by atoms with van der Waals surface area (Å²) >= 11 is 14.2. The molecule has 0 spiro atoms. The molecule has 2 aromatic carbocycles. The summed E-state index contributed by atoms with van der Waals surface area (Å²) in [6, 6.07) is 14.1. The Balaban J connectivity index is 1.57. The minimum absolute atomic E-state index is 0.132. The Morgan fingerprint density at radius 3 is 2.45 bits per heavy atom. The number of fused-ring (bicyclic) bond motifs is 2. The second kappa shape index (κ2) is 8.53. The average molecular weight is 473 g/mol. The summed E-state index contributed by atoms with van der Waals surface area (Å²) in [5.74, 6) is -0.443. The van der Waals surface area contributed by atoms with Crippen molar-refractivity contribution in [3.8, 4) is 0 Å². The predicted molar refractivity (Wildman–Crippen MR) is 126 cm³/mol. The topological polar surface area (TPSA) is 40.6 Å². The molecule has 2 unspecified atom stereocenters. The van der Waals surface area contributed by atoms with Crippen LogP contribution in [0.3, 0.4) is 0 Å². The molecule has 1 saturated heterocycles. The lowest BCUT2D eigenvalue weighted by Crippen LogP contribution is -2.60. The zero-order valence-corrected chi connectivity index (χ0v) is 19.2. The van der Waals surface area contributed by atoms with Gasteiger partial charge in [0, 0.05) is 10.0 Å². The molecule has 0 radical (unpaired) electrons. The molecule has 2 atom stereocenters. The van der Waals surface area contributed by atoms with Crippen LogP contribution in [0.5, 0.6) is 0 Å². The van der Waals surface area contributed by atoms with Crippen molar-refractivity contribution < 1.29 is 9.59 Å². The van der Waals surface area contributed by atoms with Gasteiger partial charge < -0.3 is 4.90 Å². The minimum atomic E-state index is -0.311. The van der Waals surface area contributed by atoms with Gasteiger partial charge in [0.05, 0.1) is 23.5 Å². The third-order valence-electron chi connectivity index (χ3n) is 6.25. The van der Waals surface area contributed by atoms with E-state index in [2.05, 4.69) is 0 Å². The van der Waals surface area contributed by atoms with Gasteiger partial charge in [-0.15, -0.1) is 11.8 Å². The lowest BCUT2D eigenvalue weighted by Gasteiger charge is -2.42. The number of carbonyl (C=O) groups excluding carboxylic acids is 2.